The first-order valence-electron chi connectivity index (χ1n) is 8.34. The second kappa shape index (κ2) is 6.72. The van der Waals surface area contributed by atoms with Gasteiger partial charge in [0.25, 0.3) is 5.91 Å². The van der Waals surface area contributed by atoms with Crippen LogP contribution in [0.15, 0.2) is 55.0 Å². The van der Waals surface area contributed by atoms with E-state index in [4.69, 9.17) is 0 Å². The number of hydrogen-bond donors (Lipinski definition) is 1. The molecule has 6 heteroatoms. The number of rotatable bonds is 4. The molecule has 0 spiro atoms. The van der Waals surface area contributed by atoms with Gasteiger partial charge in [-0.1, -0.05) is 6.07 Å². The molecular weight excluding hydrogens is 344 g/mol. The summed E-state index contributed by atoms with van der Waals surface area (Å²) < 4.78 is 1.97. The lowest BCUT2D eigenvalue weighted by molar-refractivity contribution is 0.0950. The largest absolute Gasteiger partial charge is 0.348 e. The van der Waals surface area contributed by atoms with Gasteiger partial charge >= 0.3 is 0 Å². The number of aromatic nitrogens is 3. The molecule has 0 aliphatic carbocycles. The van der Waals surface area contributed by atoms with Crippen molar-refractivity contribution < 1.29 is 4.79 Å². The second-order valence-corrected chi connectivity index (χ2v) is 7.48. The maximum atomic E-state index is 12.5. The molecule has 5 nitrogen and oxygen atoms in total. The fourth-order valence-corrected chi connectivity index (χ4v) is 3.63. The third-order valence-corrected chi connectivity index (χ3v) is 5.21. The number of fused-ring (bicyclic) bond motifs is 1. The van der Waals surface area contributed by atoms with E-state index >= 15 is 0 Å². The van der Waals surface area contributed by atoms with Gasteiger partial charge in [-0.15, -0.1) is 11.3 Å². The molecule has 1 N–H and O–H groups in total. The van der Waals surface area contributed by atoms with Gasteiger partial charge in [0.05, 0.1) is 22.3 Å². The van der Waals surface area contributed by atoms with Crippen molar-refractivity contribution >= 4 is 22.9 Å². The smallest absolute Gasteiger partial charge is 0.253 e. The molecule has 0 saturated carbocycles. The van der Waals surface area contributed by atoms with Crippen LogP contribution in [0, 0.1) is 13.8 Å². The predicted octanol–water partition coefficient (Wildman–Crippen LogP) is 4.00. The Balaban J connectivity index is 1.58. The first kappa shape index (κ1) is 16.5. The normalized spacial score (nSPS) is 11.0. The number of hydrogen-bond acceptors (Lipinski definition) is 4. The molecule has 0 aromatic carbocycles. The Morgan fingerprint density at radius 2 is 1.96 bits per heavy atom. The molecule has 130 valence electrons. The van der Waals surface area contributed by atoms with Crippen LogP contribution >= 0.6 is 11.3 Å². The van der Waals surface area contributed by atoms with Crippen LogP contribution in [-0.4, -0.2) is 20.3 Å². The highest BCUT2D eigenvalue weighted by atomic mass is 32.1. The summed E-state index contributed by atoms with van der Waals surface area (Å²) in [4.78, 5) is 23.6. The van der Waals surface area contributed by atoms with E-state index in [0.717, 1.165) is 27.5 Å². The Hall–Kier alpha value is -2.99. The van der Waals surface area contributed by atoms with Crippen molar-refractivity contribution in [2.24, 2.45) is 0 Å². The number of amides is 1. The lowest BCUT2D eigenvalue weighted by atomic mass is 10.2. The van der Waals surface area contributed by atoms with Crippen molar-refractivity contribution in [3.63, 3.8) is 0 Å². The fraction of sp³-hybridized carbons (Fsp3) is 0.150. The minimum atomic E-state index is -0.116. The van der Waals surface area contributed by atoms with Crippen LogP contribution in [0.2, 0.25) is 0 Å². The lowest BCUT2D eigenvalue weighted by Gasteiger charge is -2.07. The fourth-order valence-electron chi connectivity index (χ4n) is 2.76. The molecule has 0 radical (unpaired) electrons. The van der Waals surface area contributed by atoms with Crippen molar-refractivity contribution in [3.05, 3.63) is 76.7 Å². The van der Waals surface area contributed by atoms with Gasteiger partial charge in [0.1, 0.15) is 5.65 Å². The van der Waals surface area contributed by atoms with Gasteiger partial charge in [-0.25, -0.2) is 4.98 Å². The summed E-state index contributed by atoms with van der Waals surface area (Å²) in [7, 11) is 0. The first-order chi connectivity index (χ1) is 12.6. The SMILES string of the molecule is Cc1ccc(CNC(=O)c2ccc3ncc(-c4ccc(C)s4)n3c2)cn1. The number of thiophene rings is 1. The van der Waals surface area contributed by atoms with E-state index in [-0.39, 0.29) is 5.91 Å². The summed E-state index contributed by atoms with van der Waals surface area (Å²) in [5.74, 6) is -0.116. The van der Waals surface area contributed by atoms with E-state index < -0.39 is 0 Å². The highest BCUT2D eigenvalue weighted by molar-refractivity contribution is 7.15. The van der Waals surface area contributed by atoms with E-state index in [1.807, 2.05) is 41.9 Å². The topological polar surface area (TPSA) is 59.3 Å². The molecule has 1 amide bonds. The monoisotopic (exact) mass is 362 g/mol. The summed E-state index contributed by atoms with van der Waals surface area (Å²) >= 11 is 1.71. The first-order valence-corrected chi connectivity index (χ1v) is 9.15. The Kier molecular flexibility index (Phi) is 4.26. The maximum Gasteiger partial charge on any atom is 0.253 e. The minimum Gasteiger partial charge on any atom is -0.348 e. The number of nitrogens with one attached hydrogen (secondary N) is 1. The van der Waals surface area contributed by atoms with Gasteiger partial charge < -0.3 is 5.32 Å². The predicted molar refractivity (Wildman–Crippen MR) is 103 cm³/mol. The van der Waals surface area contributed by atoms with Crippen LogP contribution in [0.3, 0.4) is 0 Å². The van der Waals surface area contributed by atoms with Crippen molar-refractivity contribution in [2.45, 2.75) is 20.4 Å². The molecule has 4 aromatic heterocycles. The Morgan fingerprint density at radius 1 is 1.08 bits per heavy atom. The molecule has 0 bridgehead atoms. The third-order valence-electron chi connectivity index (χ3n) is 4.19. The molecular formula is C20H18N4OS. The molecule has 0 saturated heterocycles. The highest BCUT2D eigenvalue weighted by Crippen LogP contribution is 2.28. The molecule has 0 fully saturated rings. The highest BCUT2D eigenvalue weighted by Gasteiger charge is 2.11. The molecule has 0 atom stereocenters. The van der Waals surface area contributed by atoms with Crippen LogP contribution in [0.5, 0.6) is 0 Å². The molecule has 4 heterocycles. The molecule has 4 aromatic rings. The number of imidazole rings is 1. The average molecular weight is 362 g/mol. The standard InChI is InChI=1S/C20H18N4OS/c1-13-3-5-15(9-21-13)10-23-20(25)16-6-8-19-22-11-17(24(19)12-16)18-7-4-14(2)26-18/h3-9,11-12H,10H2,1-2H3,(H,23,25). The summed E-state index contributed by atoms with van der Waals surface area (Å²) in [6.07, 6.45) is 5.47. The number of pyridine rings is 2. The summed E-state index contributed by atoms with van der Waals surface area (Å²) in [6.45, 7) is 4.47. The molecule has 0 aliphatic heterocycles. The van der Waals surface area contributed by atoms with E-state index in [1.165, 1.54) is 4.88 Å². The number of carbonyl (C=O) groups excluding carboxylic acids is 1. The van der Waals surface area contributed by atoms with Crippen molar-refractivity contribution in [1.29, 1.82) is 0 Å². The van der Waals surface area contributed by atoms with Crippen LogP contribution in [-0.2, 0) is 6.54 Å². The summed E-state index contributed by atoms with van der Waals surface area (Å²) in [5.41, 5.74) is 4.36. The van der Waals surface area contributed by atoms with Gasteiger partial charge in [0.2, 0.25) is 0 Å². The Labute approximate surface area is 155 Å². The maximum absolute atomic E-state index is 12.5. The van der Waals surface area contributed by atoms with Crippen LogP contribution < -0.4 is 5.32 Å². The molecule has 0 aliphatic rings. The van der Waals surface area contributed by atoms with Gasteiger partial charge in [0.15, 0.2) is 0 Å². The zero-order valence-corrected chi connectivity index (χ0v) is 15.4. The van der Waals surface area contributed by atoms with E-state index in [9.17, 15) is 4.79 Å². The average Bonchev–Trinajstić information content (AvgIpc) is 3.26. The van der Waals surface area contributed by atoms with Crippen LogP contribution in [0.25, 0.3) is 16.2 Å². The summed E-state index contributed by atoms with van der Waals surface area (Å²) in [5, 5.41) is 2.94. The zero-order chi connectivity index (χ0) is 18.1. The van der Waals surface area contributed by atoms with Crippen LogP contribution in [0.1, 0.15) is 26.5 Å². The molecule has 0 unspecified atom stereocenters. The van der Waals surface area contributed by atoms with Gasteiger partial charge in [-0.3, -0.25) is 14.2 Å². The van der Waals surface area contributed by atoms with E-state index in [0.29, 0.717) is 12.1 Å². The zero-order valence-electron chi connectivity index (χ0n) is 14.6. The number of carbonyl (C=O) groups is 1. The van der Waals surface area contributed by atoms with Gasteiger partial charge in [0, 0.05) is 29.5 Å². The van der Waals surface area contributed by atoms with Crippen molar-refractivity contribution in [1.82, 2.24) is 19.7 Å². The Bertz CT molecular complexity index is 1080. The second-order valence-electron chi connectivity index (χ2n) is 6.19. The van der Waals surface area contributed by atoms with Crippen LogP contribution in [0.4, 0.5) is 0 Å². The third kappa shape index (κ3) is 3.23. The van der Waals surface area contributed by atoms with Crippen molar-refractivity contribution in [2.75, 3.05) is 0 Å². The quantitative estimate of drug-likeness (QED) is 0.597. The van der Waals surface area contributed by atoms with E-state index in [2.05, 4.69) is 34.3 Å². The number of aryl methyl sites for hydroxylation is 2. The van der Waals surface area contributed by atoms with Gasteiger partial charge in [-0.2, -0.15) is 0 Å². The number of nitrogens with zero attached hydrogens (tertiary/aromatic N) is 3. The molecule has 26 heavy (non-hydrogen) atoms. The Morgan fingerprint density at radius 3 is 2.69 bits per heavy atom. The summed E-state index contributed by atoms with van der Waals surface area (Å²) in [6, 6.07) is 11.8. The van der Waals surface area contributed by atoms with E-state index in [1.54, 1.807) is 23.6 Å². The molecule has 4 rings (SSSR count). The lowest BCUT2D eigenvalue weighted by Crippen LogP contribution is -2.23. The minimum absolute atomic E-state index is 0.116. The van der Waals surface area contributed by atoms with Crippen molar-refractivity contribution in [3.8, 4) is 10.6 Å². The van der Waals surface area contributed by atoms with Gasteiger partial charge in [-0.05, 0) is 49.7 Å².